The molecular weight excluding hydrogens is 292 g/mol. The molecule has 1 fully saturated rings. The smallest absolute Gasteiger partial charge is 0.337 e. The molecule has 1 aromatic rings. The summed E-state index contributed by atoms with van der Waals surface area (Å²) >= 11 is 0. The van der Waals surface area contributed by atoms with Crippen molar-refractivity contribution < 1.29 is 14.3 Å². The lowest BCUT2D eigenvalue weighted by Gasteiger charge is -2.35. The minimum atomic E-state index is -0.345. The molecule has 0 aromatic heterocycles. The molecular formula is C18H26N2O3. The first-order chi connectivity index (χ1) is 11.2. The van der Waals surface area contributed by atoms with Crippen molar-refractivity contribution in [2.75, 3.05) is 25.5 Å². The Bertz CT molecular complexity index is 528. The van der Waals surface area contributed by atoms with Gasteiger partial charge in [-0.15, -0.1) is 0 Å². The molecule has 1 aromatic carbocycles. The van der Waals surface area contributed by atoms with Gasteiger partial charge in [-0.2, -0.15) is 0 Å². The fourth-order valence-corrected chi connectivity index (χ4v) is 3.05. The van der Waals surface area contributed by atoms with Gasteiger partial charge < -0.3 is 15.0 Å². The number of benzene rings is 1. The first-order valence-electron chi connectivity index (χ1n) is 8.37. The van der Waals surface area contributed by atoms with Crippen LogP contribution in [0.4, 0.5) is 5.69 Å². The number of hydrogen-bond acceptors (Lipinski definition) is 4. The number of likely N-dealkylation sites (tertiary alicyclic amines) is 1. The molecule has 0 radical (unpaired) electrons. The third-order valence-electron chi connectivity index (χ3n) is 4.39. The summed E-state index contributed by atoms with van der Waals surface area (Å²) in [6.45, 7) is 3.64. The van der Waals surface area contributed by atoms with E-state index in [1.54, 1.807) is 12.1 Å². The van der Waals surface area contributed by atoms with Gasteiger partial charge in [-0.1, -0.05) is 6.92 Å². The highest BCUT2D eigenvalue weighted by Crippen LogP contribution is 2.20. The molecule has 23 heavy (non-hydrogen) atoms. The average Bonchev–Trinajstić information content (AvgIpc) is 2.61. The van der Waals surface area contributed by atoms with E-state index in [4.69, 9.17) is 0 Å². The molecule has 1 aliphatic rings. The minimum absolute atomic E-state index is 0.232. The number of carbonyl (C=O) groups excluding carboxylic acids is 2. The number of amides is 1. The minimum Gasteiger partial charge on any atom is -0.465 e. The molecule has 5 nitrogen and oxygen atoms in total. The Morgan fingerprint density at radius 2 is 2.00 bits per heavy atom. The molecule has 1 aliphatic heterocycles. The van der Waals surface area contributed by atoms with Crippen LogP contribution in [0.1, 0.15) is 49.4 Å². The lowest BCUT2D eigenvalue weighted by molar-refractivity contribution is -0.134. The zero-order valence-electron chi connectivity index (χ0n) is 14.0. The van der Waals surface area contributed by atoms with Crippen molar-refractivity contribution in [3.8, 4) is 0 Å². The first kappa shape index (κ1) is 17.3. The number of methoxy groups -OCH3 is 1. The summed E-state index contributed by atoms with van der Waals surface area (Å²) in [6, 6.07) is 7.50. The van der Waals surface area contributed by atoms with Crippen LogP contribution in [0.3, 0.4) is 0 Å². The molecule has 1 unspecified atom stereocenters. The summed E-state index contributed by atoms with van der Waals surface area (Å²) in [7, 11) is 1.37. The molecule has 0 aliphatic carbocycles. The van der Waals surface area contributed by atoms with Crippen molar-refractivity contribution in [3.63, 3.8) is 0 Å². The number of hydrogen-bond donors (Lipinski definition) is 1. The van der Waals surface area contributed by atoms with E-state index in [1.807, 2.05) is 17.0 Å². The highest BCUT2D eigenvalue weighted by Gasteiger charge is 2.24. The summed E-state index contributed by atoms with van der Waals surface area (Å²) in [5.41, 5.74) is 1.42. The van der Waals surface area contributed by atoms with Gasteiger partial charge >= 0.3 is 5.97 Å². The van der Waals surface area contributed by atoms with Crippen molar-refractivity contribution in [2.24, 2.45) is 0 Å². The molecule has 126 valence electrons. The van der Waals surface area contributed by atoms with Crippen LogP contribution in [0.25, 0.3) is 0 Å². The summed E-state index contributed by atoms with van der Waals surface area (Å²) in [5, 5.41) is 3.23. The summed E-state index contributed by atoms with van der Waals surface area (Å²) in [6.07, 6.45) is 5.01. The molecule has 5 heteroatoms. The van der Waals surface area contributed by atoms with Gasteiger partial charge in [0.15, 0.2) is 0 Å². The topological polar surface area (TPSA) is 58.6 Å². The number of nitrogens with zero attached hydrogens (tertiary/aromatic N) is 1. The third kappa shape index (κ3) is 4.71. The van der Waals surface area contributed by atoms with Gasteiger partial charge in [0, 0.05) is 31.2 Å². The van der Waals surface area contributed by atoms with E-state index in [0.29, 0.717) is 24.6 Å². The Labute approximate surface area is 138 Å². The van der Waals surface area contributed by atoms with Crippen molar-refractivity contribution >= 4 is 17.6 Å². The normalized spacial score (nSPS) is 17.7. The molecule has 0 saturated carbocycles. The van der Waals surface area contributed by atoms with Crippen LogP contribution in [0, 0.1) is 0 Å². The second-order valence-corrected chi connectivity index (χ2v) is 5.89. The summed E-state index contributed by atoms with van der Waals surface area (Å²) in [4.78, 5) is 25.8. The van der Waals surface area contributed by atoms with Gasteiger partial charge in [-0.05, 0) is 49.9 Å². The van der Waals surface area contributed by atoms with E-state index in [9.17, 15) is 9.59 Å². The van der Waals surface area contributed by atoms with Crippen LogP contribution >= 0.6 is 0 Å². The summed E-state index contributed by atoms with van der Waals surface area (Å²) < 4.78 is 4.67. The number of ether oxygens (including phenoxy) is 1. The monoisotopic (exact) mass is 318 g/mol. The maximum absolute atomic E-state index is 12.4. The van der Waals surface area contributed by atoms with Crippen molar-refractivity contribution in [1.29, 1.82) is 0 Å². The van der Waals surface area contributed by atoms with Crippen LogP contribution in [0.2, 0.25) is 0 Å². The molecule has 1 N–H and O–H groups in total. The van der Waals surface area contributed by atoms with E-state index < -0.39 is 0 Å². The Balaban J connectivity index is 1.80. The predicted molar refractivity (Wildman–Crippen MR) is 90.5 cm³/mol. The number of esters is 1. The zero-order valence-corrected chi connectivity index (χ0v) is 14.0. The quantitative estimate of drug-likeness (QED) is 0.819. The zero-order chi connectivity index (χ0) is 16.7. The van der Waals surface area contributed by atoms with Gasteiger partial charge in [0.25, 0.3) is 0 Å². The van der Waals surface area contributed by atoms with E-state index in [0.717, 1.165) is 31.5 Å². The van der Waals surface area contributed by atoms with Crippen molar-refractivity contribution in [3.05, 3.63) is 29.8 Å². The van der Waals surface area contributed by atoms with Gasteiger partial charge in [-0.25, -0.2) is 4.79 Å². The average molecular weight is 318 g/mol. The number of carbonyl (C=O) groups is 2. The fraction of sp³-hybridized carbons (Fsp3) is 0.556. The largest absolute Gasteiger partial charge is 0.465 e. The number of piperidine rings is 1. The predicted octanol–water partition coefficient (Wildman–Crippen LogP) is 3.07. The maximum Gasteiger partial charge on any atom is 0.337 e. The second-order valence-electron chi connectivity index (χ2n) is 5.89. The van der Waals surface area contributed by atoms with Gasteiger partial charge in [0.1, 0.15) is 0 Å². The van der Waals surface area contributed by atoms with E-state index in [2.05, 4.69) is 17.0 Å². The van der Waals surface area contributed by atoms with Crippen molar-refractivity contribution in [1.82, 2.24) is 4.90 Å². The molecule has 1 amide bonds. The molecule has 0 bridgehead atoms. The molecule has 0 spiro atoms. The summed E-state index contributed by atoms with van der Waals surface area (Å²) in [5.74, 6) is -0.113. The Morgan fingerprint density at radius 1 is 1.26 bits per heavy atom. The lowest BCUT2D eigenvalue weighted by Crippen LogP contribution is -2.43. The molecule has 1 atom stereocenters. The number of anilines is 1. The number of rotatable bonds is 6. The van der Waals surface area contributed by atoms with Gasteiger partial charge in [0.05, 0.1) is 12.7 Å². The van der Waals surface area contributed by atoms with Crippen molar-refractivity contribution in [2.45, 2.75) is 45.1 Å². The SMILES string of the molecule is CCC1CCCCN1C(=O)CCNc1ccc(C(=O)OC)cc1. The highest BCUT2D eigenvalue weighted by atomic mass is 16.5. The van der Waals surface area contributed by atoms with Crippen LogP contribution in [-0.2, 0) is 9.53 Å². The van der Waals surface area contributed by atoms with Gasteiger partial charge in [-0.3, -0.25) is 4.79 Å². The maximum atomic E-state index is 12.4. The molecule has 2 rings (SSSR count). The van der Waals surface area contributed by atoms with E-state index in [-0.39, 0.29) is 11.9 Å². The first-order valence-corrected chi connectivity index (χ1v) is 8.37. The highest BCUT2D eigenvalue weighted by molar-refractivity contribution is 5.89. The lowest BCUT2D eigenvalue weighted by atomic mass is 9.99. The Hall–Kier alpha value is -2.04. The number of nitrogens with one attached hydrogen (secondary N) is 1. The van der Waals surface area contributed by atoms with E-state index >= 15 is 0 Å². The Kier molecular flexibility index (Phi) is 6.44. The standard InChI is InChI=1S/C18H26N2O3/c1-3-16-6-4-5-13-20(16)17(21)11-12-19-15-9-7-14(8-10-15)18(22)23-2/h7-10,16,19H,3-6,11-13H2,1-2H3. The van der Waals surface area contributed by atoms with Crippen LogP contribution in [0.15, 0.2) is 24.3 Å². The van der Waals surface area contributed by atoms with E-state index in [1.165, 1.54) is 13.5 Å². The van der Waals surface area contributed by atoms with Gasteiger partial charge in [0.2, 0.25) is 5.91 Å². The Morgan fingerprint density at radius 3 is 2.65 bits per heavy atom. The fourth-order valence-electron chi connectivity index (χ4n) is 3.05. The second kappa shape index (κ2) is 8.56. The van der Waals surface area contributed by atoms with Crippen LogP contribution < -0.4 is 5.32 Å². The molecule has 1 saturated heterocycles. The van der Waals surface area contributed by atoms with Crippen LogP contribution in [0.5, 0.6) is 0 Å². The van der Waals surface area contributed by atoms with Crippen LogP contribution in [-0.4, -0.2) is 43.0 Å². The molecule has 1 heterocycles. The third-order valence-corrected chi connectivity index (χ3v) is 4.39.